The Morgan fingerprint density at radius 2 is 2.41 bits per heavy atom. The van der Waals surface area contributed by atoms with Gasteiger partial charge in [-0.2, -0.15) is 0 Å². The van der Waals surface area contributed by atoms with Crippen molar-refractivity contribution in [2.24, 2.45) is 5.92 Å². The highest BCUT2D eigenvalue weighted by atomic mass is 79.9. The molecule has 94 valence electrons. The molecular formula is C13H17BrFNO. The van der Waals surface area contributed by atoms with Crippen molar-refractivity contribution in [3.8, 4) is 0 Å². The van der Waals surface area contributed by atoms with Crippen molar-refractivity contribution in [3.63, 3.8) is 0 Å². The summed E-state index contributed by atoms with van der Waals surface area (Å²) in [5.74, 6) is 0.236. The van der Waals surface area contributed by atoms with E-state index in [0.29, 0.717) is 10.4 Å². The largest absolute Gasteiger partial charge is 0.381 e. The van der Waals surface area contributed by atoms with E-state index >= 15 is 0 Å². The van der Waals surface area contributed by atoms with E-state index in [1.807, 2.05) is 6.07 Å². The maximum Gasteiger partial charge on any atom is 0.137 e. The highest BCUT2D eigenvalue weighted by molar-refractivity contribution is 9.10. The Labute approximate surface area is 110 Å². The van der Waals surface area contributed by atoms with E-state index in [-0.39, 0.29) is 11.9 Å². The second-order valence-corrected chi connectivity index (χ2v) is 5.19. The molecule has 1 saturated heterocycles. The van der Waals surface area contributed by atoms with E-state index in [9.17, 15) is 4.39 Å². The van der Waals surface area contributed by atoms with Crippen LogP contribution in [0, 0.1) is 11.7 Å². The average Bonchev–Trinajstić information content (AvgIpc) is 2.83. The Bertz CT molecular complexity index is 380. The summed E-state index contributed by atoms with van der Waals surface area (Å²) in [6.45, 7) is 4.51. The summed E-state index contributed by atoms with van der Waals surface area (Å²) in [6.07, 6.45) is 1.04. The van der Waals surface area contributed by atoms with Gasteiger partial charge >= 0.3 is 0 Å². The van der Waals surface area contributed by atoms with Gasteiger partial charge in [-0.25, -0.2) is 4.39 Å². The number of rotatable bonds is 4. The first-order chi connectivity index (χ1) is 8.22. The monoisotopic (exact) mass is 301 g/mol. The predicted molar refractivity (Wildman–Crippen MR) is 69.4 cm³/mol. The van der Waals surface area contributed by atoms with Crippen molar-refractivity contribution in [3.05, 3.63) is 34.1 Å². The fourth-order valence-electron chi connectivity index (χ4n) is 2.30. The van der Waals surface area contributed by atoms with Crippen LogP contribution in [-0.2, 0) is 4.74 Å². The third-order valence-corrected chi connectivity index (χ3v) is 3.81. The Hall–Kier alpha value is -0.450. The number of hydrogen-bond donors (Lipinski definition) is 1. The Morgan fingerprint density at radius 3 is 3.00 bits per heavy atom. The first-order valence-corrected chi connectivity index (χ1v) is 6.77. The fourth-order valence-corrected chi connectivity index (χ4v) is 2.54. The van der Waals surface area contributed by atoms with Gasteiger partial charge in [-0.05, 0) is 46.6 Å². The summed E-state index contributed by atoms with van der Waals surface area (Å²) in [4.78, 5) is 0. The number of ether oxygens (including phenoxy) is 1. The molecule has 0 amide bonds. The maximum absolute atomic E-state index is 13.6. The quantitative estimate of drug-likeness (QED) is 0.921. The molecule has 1 aliphatic heterocycles. The molecule has 2 nitrogen and oxygen atoms in total. The normalized spacial score (nSPS) is 21.7. The molecule has 0 spiro atoms. The van der Waals surface area contributed by atoms with Crippen molar-refractivity contribution in [2.75, 3.05) is 19.8 Å². The first-order valence-electron chi connectivity index (χ1n) is 5.98. The number of halogens is 2. The van der Waals surface area contributed by atoms with Gasteiger partial charge in [0.25, 0.3) is 0 Å². The van der Waals surface area contributed by atoms with Crippen LogP contribution in [0.3, 0.4) is 0 Å². The second kappa shape index (κ2) is 5.94. The number of benzene rings is 1. The van der Waals surface area contributed by atoms with Gasteiger partial charge in [0, 0.05) is 18.6 Å². The zero-order valence-corrected chi connectivity index (χ0v) is 11.5. The molecule has 0 saturated carbocycles. The number of nitrogens with one attached hydrogen (secondary N) is 1. The van der Waals surface area contributed by atoms with Gasteiger partial charge < -0.3 is 10.1 Å². The topological polar surface area (TPSA) is 21.3 Å². The molecule has 1 heterocycles. The minimum absolute atomic E-state index is 0.185. The third kappa shape index (κ3) is 3.06. The van der Waals surface area contributed by atoms with Crippen molar-refractivity contribution in [1.29, 1.82) is 0 Å². The lowest BCUT2D eigenvalue weighted by atomic mass is 9.92. The van der Waals surface area contributed by atoms with E-state index in [4.69, 9.17) is 4.74 Å². The Morgan fingerprint density at radius 1 is 1.59 bits per heavy atom. The van der Waals surface area contributed by atoms with E-state index in [2.05, 4.69) is 28.2 Å². The van der Waals surface area contributed by atoms with E-state index in [1.54, 1.807) is 12.1 Å². The Kier molecular flexibility index (Phi) is 4.54. The van der Waals surface area contributed by atoms with E-state index in [0.717, 1.165) is 31.7 Å². The summed E-state index contributed by atoms with van der Waals surface area (Å²) in [6, 6.07) is 5.53. The van der Waals surface area contributed by atoms with Crippen LogP contribution in [0.4, 0.5) is 4.39 Å². The molecule has 4 heteroatoms. The smallest absolute Gasteiger partial charge is 0.137 e. The van der Waals surface area contributed by atoms with Gasteiger partial charge in [-0.3, -0.25) is 0 Å². The second-order valence-electron chi connectivity index (χ2n) is 4.33. The fraction of sp³-hybridized carbons (Fsp3) is 0.538. The number of hydrogen-bond acceptors (Lipinski definition) is 2. The van der Waals surface area contributed by atoms with Gasteiger partial charge in [-0.15, -0.1) is 0 Å². The van der Waals surface area contributed by atoms with Crippen LogP contribution >= 0.6 is 15.9 Å². The molecule has 2 rings (SSSR count). The molecule has 1 N–H and O–H groups in total. The zero-order chi connectivity index (χ0) is 12.3. The molecule has 0 bridgehead atoms. The lowest BCUT2D eigenvalue weighted by Gasteiger charge is -2.24. The highest BCUT2D eigenvalue weighted by Gasteiger charge is 2.26. The van der Waals surface area contributed by atoms with Gasteiger partial charge in [0.2, 0.25) is 0 Å². The van der Waals surface area contributed by atoms with Gasteiger partial charge in [0.1, 0.15) is 5.82 Å². The van der Waals surface area contributed by atoms with Crippen LogP contribution in [-0.4, -0.2) is 19.8 Å². The third-order valence-electron chi connectivity index (χ3n) is 3.16. The molecule has 0 aliphatic carbocycles. The van der Waals surface area contributed by atoms with Crippen molar-refractivity contribution < 1.29 is 9.13 Å². The van der Waals surface area contributed by atoms with Gasteiger partial charge in [-0.1, -0.05) is 13.0 Å². The van der Waals surface area contributed by atoms with Gasteiger partial charge in [0.15, 0.2) is 0 Å². The van der Waals surface area contributed by atoms with E-state index < -0.39 is 0 Å². The summed E-state index contributed by atoms with van der Waals surface area (Å²) in [5, 5.41) is 3.43. The zero-order valence-electron chi connectivity index (χ0n) is 9.88. The maximum atomic E-state index is 13.6. The molecule has 2 unspecified atom stereocenters. The lowest BCUT2D eigenvalue weighted by molar-refractivity contribution is 0.177. The SMILES string of the molecule is CCNC(c1ccc(Br)c(F)c1)C1CCOC1. The molecule has 1 aromatic rings. The van der Waals surface area contributed by atoms with Crippen LogP contribution < -0.4 is 5.32 Å². The van der Waals surface area contributed by atoms with Crippen molar-refractivity contribution >= 4 is 15.9 Å². The Balaban J connectivity index is 2.21. The summed E-state index contributed by atoms with van der Waals surface area (Å²) < 4.78 is 19.5. The first kappa shape index (κ1) is 13.0. The lowest BCUT2D eigenvalue weighted by Crippen LogP contribution is -2.28. The van der Waals surface area contributed by atoms with Crippen molar-refractivity contribution in [2.45, 2.75) is 19.4 Å². The molecule has 1 aliphatic rings. The van der Waals surface area contributed by atoms with Crippen LogP contribution in [0.15, 0.2) is 22.7 Å². The van der Waals surface area contributed by atoms with Crippen LogP contribution in [0.5, 0.6) is 0 Å². The summed E-state index contributed by atoms with van der Waals surface area (Å²) in [7, 11) is 0. The molecule has 2 atom stereocenters. The molecule has 0 aromatic heterocycles. The predicted octanol–water partition coefficient (Wildman–Crippen LogP) is 3.28. The van der Waals surface area contributed by atoms with Crippen LogP contribution in [0.1, 0.15) is 24.9 Å². The molecule has 0 radical (unpaired) electrons. The van der Waals surface area contributed by atoms with Crippen molar-refractivity contribution in [1.82, 2.24) is 5.32 Å². The average molecular weight is 302 g/mol. The molecule has 1 aromatic carbocycles. The minimum Gasteiger partial charge on any atom is -0.381 e. The van der Waals surface area contributed by atoms with Crippen LogP contribution in [0.25, 0.3) is 0 Å². The van der Waals surface area contributed by atoms with Gasteiger partial charge in [0.05, 0.1) is 11.1 Å². The van der Waals surface area contributed by atoms with Crippen LogP contribution in [0.2, 0.25) is 0 Å². The highest BCUT2D eigenvalue weighted by Crippen LogP contribution is 2.30. The molecule has 17 heavy (non-hydrogen) atoms. The minimum atomic E-state index is -0.204. The standard InChI is InChI=1S/C13H17BrFNO/c1-2-16-13(10-5-6-17-8-10)9-3-4-11(14)12(15)7-9/h3-4,7,10,13,16H,2,5-6,8H2,1H3. The summed E-state index contributed by atoms with van der Waals surface area (Å²) >= 11 is 3.18. The summed E-state index contributed by atoms with van der Waals surface area (Å²) in [5.41, 5.74) is 1.00. The molecular weight excluding hydrogens is 285 g/mol. The molecule has 1 fully saturated rings. The van der Waals surface area contributed by atoms with E-state index in [1.165, 1.54) is 0 Å².